The van der Waals surface area contributed by atoms with E-state index in [1.165, 1.54) is 21.2 Å². The van der Waals surface area contributed by atoms with Crippen molar-refractivity contribution < 1.29 is 51.0 Å². The monoisotopic (exact) mass is 550 g/mol. The Morgan fingerprint density at radius 3 is 0.862 bits per heavy atom. The largest absolute Gasteiger partial charge is 4.00 e. The molecule has 0 saturated heterocycles. The number of halogens is 2. The molecule has 2 atom stereocenters. The van der Waals surface area contributed by atoms with Gasteiger partial charge in [-0.2, -0.15) is 10.6 Å². The van der Waals surface area contributed by atoms with E-state index in [0.29, 0.717) is 21.7 Å². The second-order valence-electron chi connectivity index (χ2n) is 11.4. The van der Waals surface area contributed by atoms with Crippen LogP contribution in [0.2, 0.25) is 0 Å². The van der Waals surface area contributed by atoms with Gasteiger partial charge in [0, 0.05) is 0 Å². The topological polar surface area (TPSA) is 0 Å². The summed E-state index contributed by atoms with van der Waals surface area (Å²) in [5, 5.41) is 6.02. The van der Waals surface area contributed by atoms with E-state index in [2.05, 4.69) is 107 Å². The molecule has 0 N–H and O–H groups in total. The first-order valence-electron chi connectivity index (χ1n) is 9.65. The average molecular weight is 553 g/mol. The van der Waals surface area contributed by atoms with Gasteiger partial charge in [0.2, 0.25) is 0 Å². The third-order valence-electron chi connectivity index (χ3n) is 4.36. The summed E-state index contributed by atoms with van der Waals surface area (Å²) in [5.74, 6) is 0. The van der Waals surface area contributed by atoms with E-state index in [1.807, 2.05) is 0 Å². The van der Waals surface area contributed by atoms with Gasteiger partial charge in [-0.05, 0) is 10.8 Å². The smallest absolute Gasteiger partial charge is 1.00 e. The van der Waals surface area contributed by atoms with Gasteiger partial charge in [-0.3, -0.25) is 0 Å². The molecule has 2 aromatic rings. The normalized spacial score (nSPS) is 12.6. The summed E-state index contributed by atoms with van der Waals surface area (Å²) < 4.78 is 0. The second kappa shape index (κ2) is 12.3. The van der Waals surface area contributed by atoms with Gasteiger partial charge in [-0.1, -0.05) is 93.9 Å². The molecule has 0 amide bonds. The standard InChI is InChI=1S/2C12H20P.2ClH.Zr/c2*1-11(2,3)9-7-8-10(13-9)12(4,5)6;;;/h2*7,13H,1-6H3;2*1H;/q2*-1;;;+4/p-2. The van der Waals surface area contributed by atoms with Gasteiger partial charge in [0.25, 0.3) is 0 Å². The summed E-state index contributed by atoms with van der Waals surface area (Å²) in [6, 6.07) is 11.2. The Labute approximate surface area is 216 Å². The minimum absolute atomic E-state index is 0. The molecule has 0 aliphatic heterocycles. The fourth-order valence-electron chi connectivity index (χ4n) is 2.32. The Morgan fingerprint density at radius 2 is 0.759 bits per heavy atom. The Bertz CT molecular complexity index is 584. The van der Waals surface area contributed by atoms with Crippen molar-refractivity contribution in [2.75, 3.05) is 0 Å². The van der Waals surface area contributed by atoms with Gasteiger partial charge < -0.3 is 24.8 Å². The van der Waals surface area contributed by atoms with Crippen LogP contribution >= 0.6 is 16.4 Å². The van der Waals surface area contributed by atoms with E-state index in [-0.39, 0.29) is 51.0 Å². The van der Waals surface area contributed by atoms with Crippen molar-refractivity contribution >= 4 is 16.4 Å². The third-order valence-corrected chi connectivity index (χ3v) is 8.97. The molecule has 2 aromatic heterocycles. The van der Waals surface area contributed by atoms with E-state index < -0.39 is 0 Å². The second-order valence-corrected chi connectivity index (χ2v) is 14.0. The molecule has 0 aromatic carbocycles. The van der Waals surface area contributed by atoms with Crippen LogP contribution in [0.1, 0.15) is 104 Å². The maximum atomic E-state index is 3.42. The Kier molecular flexibility index (Phi) is 14.7. The SMILES string of the molecule is CC(C)(C)c1[c-]cc(C(C)(C)C)[pH]1.CC(C)(C)c1[c-]cc(C(C)(C)C)[pH]1.[Cl-].[Cl-].[Zr+4]. The summed E-state index contributed by atoms with van der Waals surface area (Å²) in [6.45, 7) is 27.3. The summed E-state index contributed by atoms with van der Waals surface area (Å²) in [5.41, 5.74) is 1.22. The molecule has 2 rings (SSSR count). The fraction of sp³-hybridized carbons (Fsp3) is 0.667. The van der Waals surface area contributed by atoms with Crippen molar-refractivity contribution in [3.8, 4) is 0 Å². The maximum Gasteiger partial charge on any atom is 4.00 e. The molecule has 0 spiro atoms. The Morgan fingerprint density at radius 1 is 0.517 bits per heavy atom. The molecular weight excluding hydrogens is 512 g/mol. The minimum atomic E-state index is 0. The van der Waals surface area contributed by atoms with Crippen LogP contribution in [-0.4, -0.2) is 0 Å². The van der Waals surface area contributed by atoms with E-state index >= 15 is 0 Å². The zero-order chi connectivity index (χ0) is 20.6. The molecule has 0 aliphatic carbocycles. The Hall–Kier alpha value is 1.02. The zero-order valence-corrected chi connectivity index (χ0v) is 26.4. The molecule has 2 heterocycles. The number of rotatable bonds is 0. The number of hydrogen-bond acceptors (Lipinski definition) is 0. The van der Waals surface area contributed by atoms with Crippen molar-refractivity contribution in [2.24, 2.45) is 0 Å². The molecule has 0 fully saturated rings. The van der Waals surface area contributed by atoms with Gasteiger partial charge in [-0.15, -0.1) is 10.6 Å². The molecule has 0 bridgehead atoms. The van der Waals surface area contributed by atoms with Crippen LogP contribution in [0, 0.1) is 12.1 Å². The van der Waals surface area contributed by atoms with Crippen molar-refractivity contribution in [3.63, 3.8) is 0 Å². The minimum Gasteiger partial charge on any atom is -1.00 e. The van der Waals surface area contributed by atoms with Crippen LogP contribution in [0.3, 0.4) is 0 Å². The molecule has 0 aliphatic rings. The first-order valence-corrected chi connectivity index (χ1v) is 11.7. The predicted molar refractivity (Wildman–Crippen MR) is 124 cm³/mol. The van der Waals surface area contributed by atoms with Crippen LogP contribution in [0.15, 0.2) is 12.1 Å². The van der Waals surface area contributed by atoms with Crippen molar-refractivity contribution in [1.29, 1.82) is 0 Å². The van der Waals surface area contributed by atoms with Crippen LogP contribution in [-0.2, 0) is 47.9 Å². The zero-order valence-electron chi connectivity index (χ0n) is 20.4. The van der Waals surface area contributed by atoms with Gasteiger partial charge in [0.1, 0.15) is 0 Å². The summed E-state index contributed by atoms with van der Waals surface area (Å²) >= 11 is 0. The summed E-state index contributed by atoms with van der Waals surface area (Å²) in [4.78, 5) is 0. The first kappa shape index (κ1) is 34.6. The average Bonchev–Trinajstić information content (AvgIpc) is 3.06. The fourth-order valence-corrected chi connectivity index (χ4v) is 4.93. The van der Waals surface area contributed by atoms with E-state index in [1.54, 1.807) is 0 Å². The summed E-state index contributed by atoms with van der Waals surface area (Å²) in [7, 11) is 1.72. The third kappa shape index (κ3) is 11.5. The van der Waals surface area contributed by atoms with Crippen LogP contribution < -0.4 is 24.8 Å². The van der Waals surface area contributed by atoms with E-state index in [4.69, 9.17) is 0 Å². The van der Waals surface area contributed by atoms with E-state index in [9.17, 15) is 0 Å². The van der Waals surface area contributed by atoms with Crippen LogP contribution in [0.5, 0.6) is 0 Å². The van der Waals surface area contributed by atoms with Crippen LogP contribution in [0.25, 0.3) is 0 Å². The quantitative estimate of drug-likeness (QED) is 0.440. The van der Waals surface area contributed by atoms with Crippen LogP contribution in [0.4, 0.5) is 0 Å². The van der Waals surface area contributed by atoms with Gasteiger partial charge in [0.05, 0.1) is 0 Å². The van der Waals surface area contributed by atoms with Gasteiger partial charge in [0.15, 0.2) is 0 Å². The maximum absolute atomic E-state index is 3.42. The van der Waals surface area contributed by atoms with Crippen molar-refractivity contribution in [2.45, 2.75) is 105 Å². The predicted octanol–water partition coefficient (Wildman–Crippen LogP) is 2.23. The first-order chi connectivity index (χ1) is 11.4. The molecule has 29 heavy (non-hydrogen) atoms. The van der Waals surface area contributed by atoms with Crippen molar-refractivity contribution in [1.82, 2.24) is 0 Å². The summed E-state index contributed by atoms with van der Waals surface area (Å²) in [6.07, 6.45) is 0. The Balaban J connectivity index is -0.000000422. The molecular formula is C24H40Cl2P2Zr. The van der Waals surface area contributed by atoms with Gasteiger partial charge in [-0.25, -0.2) is 40.7 Å². The molecule has 0 saturated carbocycles. The van der Waals surface area contributed by atoms with E-state index in [0.717, 1.165) is 16.4 Å². The molecule has 5 heteroatoms. The molecule has 0 radical (unpaired) electrons. The molecule has 164 valence electrons. The molecule has 2 unspecified atom stereocenters. The number of hydrogen-bond donors (Lipinski definition) is 0. The molecule has 0 nitrogen and oxygen atoms in total. The van der Waals surface area contributed by atoms with Crippen molar-refractivity contribution in [3.05, 3.63) is 45.4 Å². The van der Waals surface area contributed by atoms with Gasteiger partial charge >= 0.3 is 26.2 Å².